The van der Waals surface area contributed by atoms with Gasteiger partial charge in [-0.15, -0.1) is 0 Å². The molecule has 0 saturated heterocycles. The lowest BCUT2D eigenvalue weighted by atomic mass is 10.1. The van der Waals surface area contributed by atoms with E-state index in [2.05, 4.69) is 42.0 Å². The van der Waals surface area contributed by atoms with Crippen LogP contribution >= 0.6 is 0 Å². The topological polar surface area (TPSA) is 52.6 Å². The molecule has 0 N–H and O–H groups in total. The predicted molar refractivity (Wildman–Crippen MR) is 125 cm³/mol. The molecular weight excluding hydrogens is 376 g/mol. The average molecular weight is 419 g/mol. The Morgan fingerprint density at radius 2 is 1.60 bits per heavy atom. The van der Waals surface area contributed by atoms with Crippen LogP contribution in [0.2, 0.25) is 0 Å². The van der Waals surface area contributed by atoms with Crippen molar-refractivity contribution in [3.8, 4) is 0 Å². The minimum Gasteiger partial charge on any atom is -0.469 e. The fourth-order valence-corrected chi connectivity index (χ4v) is 2.68. The molecule has 1 unspecified atom stereocenters. The molecule has 0 aliphatic rings. The van der Waals surface area contributed by atoms with Gasteiger partial charge in [0.1, 0.15) is 6.10 Å². The van der Waals surface area contributed by atoms with Crippen molar-refractivity contribution in [2.45, 2.75) is 91.1 Å². The zero-order chi connectivity index (χ0) is 22.5. The molecule has 0 rings (SSSR count). The fourth-order valence-electron chi connectivity index (χ4n) is 2.68. The molecule has 0 radical (unpaired) electrons. The molecule has 0 heterocycles. The van der Waals surface area contributed by atoms with Crippen molar-refractivity contribution in [1.29, 1.82) is 0 Å². The molecule has 0 fully saturated rings. The SMILES string of the molecule is CCCCC/C=C\CC(/C=C/C=C\C/C=C\CCCC(=O)OC)OC(=O)CC(C)C. The molecule has 4 nitrogen and oxygen atoms in total. The Bertz CT molecular complexity index is 555. The van der Waals surface area contributed by atoms with Crippen LogP contribution in [0, 0.1) is 5.92 Å². The molecule has 0 aromatic carbocycles. The number of allylic oxidation sites excluding steroid dienone is 6. The summed E-state index contributed by atoms with van der Waals surface area (Å²) < 4.78 is 10.2. The van der Waals surface area contributed by atoms with Gasteiger partial charge in [-0.25, -0.2) is 0 Å². The first-order valence-corrected chi connectivity index (χ1v) is 11.4. The van der Waals surface area contributed by atoms with Gasteiger partial charge in [0.2, 0.25) is 0 Å². The van der Waals surface area contributed by atoms with Gasteiger partial charge in [0.15, 0.2) is 0 Å². The van der Waals surface area contributed by atoms with Gasteiger partial charge in [0.05, 0.1) is 7.11 Å². The maximum Gasteiger partial charge on any atom is 0.306 e. The Morgan fingerprint density at radius 1 is 0.867 bits per heavy atom. The molecular formula is C26H42O4. The van der Waals surface area contributed by atoms with Gasteiger partial charge >= 0.3 is 11.9 Å². The first-order chi connectivity index (χ1) is 14.5. The van der Waals surface area contributed by atoms with Crippen molar-refractivity contribution in [2.24, 2.45) is 5.92 Å². The van der Waals surface area contributed by atoms with Gasteiger partial charge < -0.3 is 9.47 Å². The normalized spacial score (nSPS) is 13.2. The molecule has 1 atom stereocenters. The smallest absolute Gasteiger partial charge is 0.306 e. The number of carbonyl (C=O) groups excluding carboxylic acids is 2. The van der Waals surface area contributed by atoms with Crippen molar-refractivity contribution in [1.82, 2.24) is 0 Å². The third-order valence-electron chi connectivity index (χ3n) is 4.36. The highest BCUT2D eigenvalue weighted by Gasteiger charge is 2.11. The zero-order valence-electron chi connectivity index (χ0n) is 19.5. The van der Waals surface area contributed by atoms with Crippen molar-refractivity contribution < 1.29 is 19.1 Å². The summed E-state index contributed by atoms with van der Waals surface area (Å²) in [5, 5.41) is 0. The van der Waals surface area contributed by atoms with Gasteiger partial charge in [0.25, 0.3) is 0 Å². The van der Waals surface area contributed by atoms with Crippen molar-refractivity contribution in [3.63, 3.8) is 0 Å². The van der Waals surface area contributed by atoms with E-state index in [1.807, 2.05) is 32.1 Å². The van der Waals surface area contributed by atoms with Gasteiger partial charge in [-0.05, 0) is 44.1 Å². The van der Waals surface area contributed by atoms with E-state index >= 15 is 0 Å². The predicted octanol–water partition coefficient (Wildman–Crippen LogP) is 6.87. The summed E-state index contributed by atoms with van der Waals surface area (Å²) >= 11 is 0. The molecule has 0 saturated carbocycles. The van der Waals surface area contributed by atoms with Crippen molar-refractivity contribution >= 4 is 11.9 Å². The first-order valence-electron chi connectivity index (χ1n) is 11.4. The minimum absolute atomic E-state index is 0.141. The van der Waals surface area contributed by atoms with E-state index in [0.29, 0.717) is 25.2 Å². The molecule has 0 amide bonds. The van der Waals surface area contributed by atoms with E-state index in [-0.39, 0.29) is 18.0 Å². The largest absolute Gasteiger partial charge is 0.469 e. The summed E-state index contributed by atoms with van der Waals surface area (Å²) in [4.78, 5) is 23.0. The quantitative estimate of drug-likeness (QED) is 0.112. The summed E-state index contributed by atoms with van der Waals surface area (Å²) in [5.74, 6) is -0.00296. The maximum atomic E-state index is 12.0. The summed E-state index contributed by atoms with van der Waals surface area (Å²) in [6, 6.07) is 0. The number of hydrogen-bond donors (Lipinski definition) is 0. The van der Waals surface area contributed by atoms with Crippen LogP contribution in [-0.4, -0.2) is 25.2 Å². The second-order valence-corrected chi connectivity index (χ2v) is 7.82. The Balaban J connectivity index is 4.36. The summed E-state index contributed by atoms with van der Waals surface area (Å²) in [7, 11) is 1.41. The van der Waals surface area contributed by atoms with Crippen molar-refractivity contribution in [2.75, 3.05) is 7.11 Å². The van der Waals surface area contributed by atoms with Crippen LogP contribution < -0.4 is 0 Å². The van der Waals surface area contributed by atoms with Gasteiger partial charge in [-0.1, -0.05) is 76.1 Å². The summed E-state index contributed by atoms with van der Waals surface area (Å²) in [5.41, 5.74) is 0. The molecule has 4 heteroatoms. The Kier molecular flexibility index (Phi) is 18.8. The molecule has 0 aromatic rings. The van der Waals surface area contributed by atoms with Gasteiger partial charge in [0, 0.05) is 19.3 Å². The highest BCUT2D eigenvalue weighted by Crippen LogP contribution is 2.09. The molecule has 30 heavy (non-hydrogen) atoms. The molecule has 0 spiro atoms. The third kappa shape index (κ3) is 19.2. The van der Waals surface area contributed by atoms with Crippen LogP contribution in [0.4, 0.5) is 0 Å². The van der Waals surface area contributed by atoms with E-state index in [9.17, 15) is 9.59 Å². The van der Waals surface area contributed by atoms with E-state index in [0.717, 1.165) is 25.7 Å². The lowest BCUT2D eigenvalue weighted by molar-refractivity contribution is -0.147. The number of ether oxygens (including phenoxy) is 2. The molecule has 170 valence electrons. The summed E-state index contributed by atoms with van der Waals surface area (Å²) in [6.07, 6.45) is 25.1. The number of carbonyl (C=O) groups is 2. The van der Waals surface area contributed by atoms with Gasteiger partial charge in [-0.3, -0.25) is 9.59 Å². The molecule has 0 aromatic heterocycles. The average Bonchev–Trinajstić information content (AvgIpc) is 2.70. The van der Waals surface area contributed by atoms with E-state index in [4.69, 9.17) is 4.74 Å². The van der Waals surface area contributed by atoms with Crippen LogP contribution in [0.25, 0.3) is 0 Å². The second-order valence-electron chi connectivity index (χ2n) is 7.82. The highest BCUT2D eigenvalue weighted by atomic mass is 16.5. The van der Waals surface area contributed by atoms with E-state index in [1.54, 1.807) is 0 Å². The molecule has 0 aliphatic heterocycles. The summed E-state index contributed by atoms with van der Waals surface area (Å²) in [6.45, 7) is 6.24. The van der Waals surface area contributed by atoms with Crippen molar-refractivity contribution in [3.05, 3.63) is 48.6 Å². The number of rotatable bonds is 17. The fraction of sp³-hybridized carbons (Fsp3) is 0.615. The van der Waals surface area contributed by atoms with Crippen LogP contribution in [0.15, 0.2) is 48.6 Å². The number of unbranched alkanes of at least 4 members (excludes halogenated alkanes) is 4. The first kappa shape index (κ1) is 27.9. The monoisotopic (exact) mass is 418 g/mol. The van der Waals surface area contributed by atoms with Crippen LogP contribution in [0.1, 0.15) is 85.0 Å². The lowest BCUT2D eigenvalue weighted by Gasteiger charge is -2.13. The third-order valence-corrected chi connectivity index (χ3v) is 4.36. The zero-order valence-corrected chi connectivity index (χ0v) is 19.5. The van der Waals surface area contributed by atoms with Crippen LogP contribution in [0.5, 0.6) is 0 Å². The molecule has 0 aliphatic carbocycles. The Hall–Kier alpha value is -2.10. The van der Waals surface area contributed by atoms with Crippen LogP contribution in [-0.2, 0) is 19.1 Å². The number of methoxy groups -OCH3 is 1. The number of esters is 2. The minimum atomic E-state index is -0.225. The van der Waals surface area contributed by atoms with E-state index in [1.165, 1.54) is 26.4 Å². The van der Waals surface area contributed by atoms with Gasteiger partial charge in [-0.2, -0.15) is 0 Å². The van der Waals surface area contributed by atoms with E-state index < -0.39 is 0 Å². The second kappa shape index (κ2) is 20.2. The van der Waals surface area contributed by atoms with Crippen LogP contribution in [0.3, 0.4) is 0 Å². The highest BCUT2D eigenvalue weighted by molar-refractivity contribution is 5.70. The maximum absolute atomic E-state index is 12.0. The molecule has 0 bridgehead atoms. The standard InChI is InChI=1S/C26H42O4/c1-5-6-7-8-13-16-19-24(30-26(28)22-23(2)3)20-17-14-11-9-10-12-15-18-21-25(27)29-4/h10-14,16-17,20,23-24H,5-9,15,18-19,21-22H2,1-4H3/b12-10-,14-11-,16-13-,20-17+. The lowest BCUT2D eigenvalue weighted by Crippen LogP contribution is -2.16. The number of hydrogen-bond acceptors (Lipinski definition) is 4. The Labute approximate surface area is 184 Å². The Morgan fingerprint density at radius 3 is 2.30 bits per heavy atom.